The second kappa shape index (κ2) is 10.0. The smallest absolute Gasteiger partial charge is 0.352 e. The number of carbonyl (C=O) groups is 3. The number of hydrogen-bond donors (Lipinski definition) is 3. The van der Waals surface area contributed by atoms with Crippen molar-refractivity contribution in [2.45, 2.75) is 18.3 Å². The summed E-state index contributed by atoms with van der Waals surface area (Å²) in [6.45, 7) is 1.89. The fourth-order valence-corrected chi connectivity index (χ4v) is 5.04. The molecule has 4 heterocycles. The number of thioether (sulfide) groups is 1. The lowest BCUT2D eigenvalue weighted by atomic mass is 10.0. The molecule has 1 fully saturated rings. The molecule has 1 unspecified atom stereocenters. The standard InChI is InChI=1S/C20H19N7O5S2/c1-2-32-25-12(15-24-20(21)34-26-15)16(28)23-13-17(29)27-14(19(30)31)10(9-33-18(13)27)6-7-11-5-3-4-8-22-11/h3-8,13,18H,2,9H2,1H3,(H,23,28)(H,30,31)(H2,21,24,26)/t13?,18-/m1/s1. The van der Waals surface area contributed by atoms with Crippen molar-refractivity contribution >= 4 is 58.0 Å². The van der Waals surface area contributed by atoms with E-state index in [1.807, 2.05) is 6.07 Å². The Hall–Kier alpha value is -3.78. The van der Waals surface area contributed by atoms with Crippen molar-refractivity contribution in [3.63, 3.8) is 0 Å². The Morgan fingerprint density at radius 1 is 1.41 bits per heavy atom. The molecule has 2 amide bonds. The molecule has 2 aliphatic heterocycles. The van der Waals surface area contributed by atoms with E-state index in [2.05, 4.69) is 24.8 Å². The predicted molar refractivity (Wildman–Crippen MR) is 125 cm³/mol. The summed E-state index contributed by atoms with van der Waals surface area (Å²) in [6.07, 6.45) is 4.95. The van der Waals surface area contributed by atoms with Gasteiger partial charge in [-0.2, -0.15) is 9.36 Å². The summed E-state index contributed by atoms with van der Waals surface area (Å²) in [5, 5.41) is 15.7. The number of carbonyl (C=O) groups excluding carboxylic acids is 2. The summed E-state index contributed by atoms with van der Waals surface area (Å²) >= 11 is 2.22. The Kier molecular flexibility index (Phi) is 6.88. The zero-order valence-corrected chi connectivity index (χ0v) is 19.4. The summed E-state index contributed by atoms with van der Waals surface area (Å²) in [5.74, 6) is -2.21. The number of hydrogen-bond acceptors (Lipinski definition) is 11. The molecule has 4 N–H and O–H groups in total. The fraction of sp³-hybridized carbons (Fsp3) is 0.250. The van der Waals surface area contributed by atoms with E-state index in [0.717, 1.165) is 11.5 Å². The molecule has 1 saturated heterocycles. The number of aliphatic carboxylic acids is 1. The first-order valence-electron chi connectivity index (χ1n) is 10.0. The van der Waals surface area contributed by atoms with E-state index in [0.29, 0.717) is 17.0 Å². The lowest BCUT2D eigenvalue weighted by Crippen LogP contribution is -2.71. The average Bonchev–Trinajstić information content (AvgIpc) is 3.27. The van der Waals surface area contributed by atoms with Gasteiger partial charge in [0.1, 0.15) is 23.7 Å². The fourth-order valence-electron chi connectivity index (χ4n) is 3.29. The molecule has 0 bridgehead atoms. The van der Waals surface area contributed by atoms with Crippen molar-refractivity contribution in [2.24, 2.45) is 5.16 Å². The SMILES string of the molecule is CCON=C(C(=O)NC1C(=O)N2C(C(=O)O)=C(C=Cc3ccccn3)CS[C@H]12)c1nsc(N)n1. The molecule has 0 aliphatic carbocycles. The topological polar surface area (TPSA) is 173 Å². The number of allylic oxidation sites excluding steroid dienone is 1. The maximum absolute atomic E-state index is 12.9. The van der Waals surface area contributed by atoms with Crippen LogP contribution in [0.5, 0.6) is 0 Å². The molecule has 2 aromatic heterocycles. The van der Waals surface area contributed by atoms with Crippen molar-refractivity contribution < 1.29 is 24.3 Å². The van der Waals surface area contributed by atoms with Gasteiger partial charge in [0.25, 0.3) is 11.8 Å². The third-order valence-corrected chi connectivity index (χ3v) is 6.63. The van der Waals surface area contributed by atoms with E-state index in [1.165, 1.54) is 16.7 Å². The summed E-state index contributed by atoms with van der Waals surface area (Å²) in [7, 11) is 0. The highest BCUT2D eigenvalue weighted by Gasteiger charge is 2.54. The van der Waals surface area contributed by atoms with Crippen molar-refractivity contribution in [1.82, 2.24) is 24.6 Å². The predicted octanol–water partition coefficient (Wildman–Crippen LogP) is 0.708. The number of nitrogens with two attached hydrogens (primary N) is 1. The van der Waals surface area contributed by atoms with Crippen LogP contribution in [0.3, 0.4) is 0 Å². The first-order chi connectivity index (χ1) is 16.4. The third-order valence-electron chi connectivity index (χ3n) is 4.78. The molecular formula is C20H19N7O5S2. The summed E-state index contributed by atoms with van der Waals surface area (Å²) in [5.41, 5.74) is 6.37. The Morgan fingerprint density at radius 3 is 2.88 bits per heavy atom. The minimum atomic E-state index is -1.23. The zero-order valence-electron chi connectivity index (χ0n) is 17.7. The van der Waals surface area contributed by atoms with E-state index >= 15 is 0 Å². The molecule has 14 heteroatoms. The number of pyridine rings is 1. The van der Waals surface area contributed by atoms with Gasteiger partial charge >= 0.3 is 5.97 Å². The van der Waals surface area contributed by atoms with Crippen LogP contribution < -0.4 is 11.1 Å². The Bertz CT molecular complexity index is 1210. The summed E-state index contributed by atoms with van der Waals surface area (Å²) in [6, 6.07) is 4.42. The van der Waals surface area contributed by atoms with Crippen molar-refractivity contribution in [3.05, 3.63) is 53.3 Å². The number of nitrogen functional groups attached to an aromatic ring is 1. The highest BCUT2D eigenvalue weighted by Crippen LogP contribution is 2.40. The van der Waals surface area contributed by atoms with Gasteiger partial charge in [-0.1, -0.05) is 17.3 Å². The minimum Gasteiger partial charge on any atom is -0.477 e. The Labute approximate surface area is 201 Å². The molecule has 2 aromatic rings. The monoisotopic (exact) mass is 501 g/mol. The van der Waals surface area contributed by atoms with Crippen LogP contribution in [0, 0.1) is 0 Å². The summed E-state index contributed by atoms with van der Waals surface area (Å²) in [4.78, 5) is 52.0. The first-order valence-corrected chi connectivity index (χ1v) is 11.8. The number of nitrogens with one attached hydrogen (secondary N) is 1. The van der Waals surface area contributed by atoms with E-state index in [4.69, 9.17) is 10.6 Å². The molecule has 34 heavy (non-hydrogen) atoms. The first kappa shape index (κ1) is 23.4. The van der Waals surface area contributed by atoms with Crippen LogP contribution in [-0.2, 0) is 19.2 Å². The number of carboxylic acids is 1. The van der Waals surface area contributed by atoms with Gasteiger partial charge in [0.05, 0.1) is 5.69 Å². The van der Waals surface area contributed by atoms with Gasteiger partial charge in [-0.3, -0.25) is 19.5 Å². The highest BCUT2D eigenvalue weighted by molar-refractivity contribution is 8.00. The van der Waals surface area contributed by atoms with E-state index in [9.17, 15) is 19.5 Å². The normalized spacial score (nSPS) is 20.2. The second-order valence-corrected chi connectivity index (χ2v) is 8.83. The number of carboxylic acid groups (broad SMARTS) is 1. The molecule has 4 rings (SSSR count). The third kappa shape index (κ3) is 4.63. The maximum Gasteiger partial charge on any atom is 0.352 e. The van der Waals surface area contributed by atoms with Crippen molar-refractivity contribution in [1.29, 1.82) is 0 Å². The largest absolute Gasteiger partial charge is 0.477 e. The zero-order chi connectivity index (χ0) is 24.2. The Balaban J connectivity index is 1.53. The van der Waals surface area contributed by atoms with Crippen molar-refractivity contribution in [3.8, 4) is 0 Å². The molecule has 0 saturated carbocycles. The number of rotatable bonds is 8. The highest BCUT2D eigenvalue weighted by atomic mass is 32.2. The number of aromatic nitrogens is 3. The van der Waals surface area contributed by atoms with Gasteiger partial charge in [-0.25, -0.2) is 4.79 Å². The van der Waals surface area contributed by atoms with Gasteiger partial charge in [0.15, 0.2) is 5.13 Å². The lowest BCUT2D eigenvalue weighted by Gasteiger charge is -2.49. The number of amides is 2. The summed E-state index contributed by atoms with van der Waals surface area (Å²) < 4.78 is 3.97. The number of anilines is 1. The van der Waals surface area contributed by atoms with Crippen LogP contribution in [-0.4, -0.2) is 71.6 Å². The molecular weight excluding hydrogens is 482 g/mol. The minimum absolute atomic E-state index is 0.0264. The van der Waals surface area contributed by atoms with Crippen LogP contribution in [0.1, 0.15) is 18.4 Å². The van der Waals surface area contributed by atoms with Gasteiger partial charge in [-0.15, -0.1) is 11.8 Å². The molecule has 12 nitrogen and oxygen atoms in total. The van der Waals surface area contributed by atoms with E-state index in [-0.39, 0.29) is 29.0 Å². The quantitative estimate of drug-likeness (QED) is 0.265. The number of β-lactam (4-membered cyclic amide) rings is 1. The van der Waals surface area contributed by atoms with Crippen LogP contribution in [0.25, 0.3) is 6.08 Å². The van der Waals surface area contributed by atoms with Crippen molar-refractivity contribution in [2.75, 3.05) is 18.1 Å². The van der Waals surface area contributed by atoms with Crippen LogP contribution in [0.15, 0.2) is 46.9 Å². The van der Waals surface area contributed by atoms with Crippen LogP contribution in [0.4, 0.5) is 5.13 Å². The average molecular weight is 502 g/mol. The maximum atomic E-state index is 12.9. The van der Waals surface area contributed by atoms with Gasteiger partial charge in [0.2, 0.25) is 11.5 Å². The number of oxime groups is 1. The van der Waals surface area contributed by atoms with Gasteiger partial charge in [-0.05, 0) is 30.7 Å². The molecule has 2 atom stereocenters. The molecule has 0 spiro atoms. The van der Waals surface area contributed by atoms with E-state index < -0.39 is 29.2 Å². The Morgan fingerprint density at radius 2 is 2.24 bits per heavy atom. The lowest BCUT2D eigenvalue weighted by molar-refractivity contribution is -0.150. The van der Waals surface area contributed by atoms with E-state index in [1.54, 1.807) is 37.4 Å². The van der Waals surface area contributed by atoms with Crippen LogP contribution in [0.2, 0.25) is 0 Å². The van der Waals surface area contributed by atoms with Gasteiger partial charge < -0.3 is 21.0 Å². The van der Waals surface area contributed by atoms with Crippen LogP contribution >= 0.6 is 23.3 Å². The molecule has 0 aromatic carbocycles. The molecule has 176 valence electrons. The van der Waals surface area contributed by atoms with Gasteiger partial charge in [0, 0.05) is 23.5 Å². The molecule has 2 aliphatic rings. The number of nitrogens with zero attached hydrogens (tertiary/aromatic N) is 5. The second-order valence-electron chi connectivity index (χ2n) is 6.94. The molecule has 0 radical (unpaired) electrons. The number of fused-ring (bicyclic) bond motifs is 1.